The van der Waals surface area contributed by atoms with Crippen LogP contribution in [0, 0.1) is 13.8 Å². The van der Waals surface area contributed by atoms with Gasteiger partial charge < -0.3 is 4.57 Å². The van der Waals surface area contributed by atoms with Gasteiger partial charge in [0.25, 0.3) is 0 Å². The van der Waals surface area contributed by atoms with E-state index in [1.54, 1.807) is 0 Å². The van der Waals surface area contributed by atoms with Gasteiger partial charge in [-0.2, -0.15) is 13.2 Å². The minimum Gasteiger partial charge on any atom is -0.349 e. The molecule has 0 unspecified atom stereocenters. The van der Waals surface area contributed by atoms with Gasteiger partial charge in [0.1, 0.15) is 0 Å². The van der Waals surface area contributed by atoms with Crippen molar-refractivity contribution >= 4 is 0 Å². The van der Waals surface area contributed by atoms with Gasteiger partial charge >= 0.3 is 6.18 Å². The number of aromatic nitrogens is 2. The third kappa shape index (κ3) is 3.40. The zero-order valence-electron chi connectivity index (χ0n) is 11.5. The van der Waals surface area contributed by atoms with Gasteiger partial charge in [-0.25, -0.2) is 0 Å². The van der Waals surface area contributed by atoms with Gasteiger partial charge in [-0.1, -0.05) is 0 Å². The van der Waals surface area contributed by atoms with E-state index in [9.17, 15) is 13.2 Å². The van der Waals surface area contributed by atoms with Crippen molar-refractivity contribution in [2.24, 2.45) is 0 Å². The number of nitrogens with zero attached hydrogens (tertiary/aromatic N) is 2. The summed E-state index contributed by atoms with van der Waals surface area (Å²) in [6.07, 6.45) is -1.88. The Bertz CT molecular complexity index is 548. The predicted molar refractivity (Wildman–Crippen MR) is 71.5 cm³/mol. The van der Waals surface area contributed by atoms with Gasteiger partial charge in [0.05, 0.1) is 5.56 Å². The third-order valence-corrected chi connectivity index (χ3v) is 3.38. The normalized spacial score (nSPS) is 11.8. The van der Waals surface area contributed by atoms with Crippen molar-refractivity contribution in [2.75, 3.05) is 0 Å². The van der Waals surface area contributed by atoms with Crippen LogP contribution >= 0.6 is 0 Å². The number of aryl methyl sites for hydroxylation is 3. The van der Waals surface area contributed by atoms with Crippen LogP contribution in [0.2, 0.25) is 0 Å². The average molecular weight is 282 g/mol. The number of hydrogen-bond acceptors (Lipinski definition) is 1. The minimum absolute atomic E-state index is 0.676. The molecule has 2 rings (SSSR count). The summed E-state index contributed by atoms with van der Waals surface area (Å²) in [7, 11) is 0. The van der Waals surface area contributed by atoms with Crippen LogP contribution in [0.5, 0.6) is 0 Å². The minimum atomic E-state index is -4.31. The van der Waals surface area contributed by atoms with Crippen LogP contribution < -0.4 is 0 Å². The van der Waals surface area contributed by atoms with Crippen molar-refractivity contribution in [3.63, 3.8) is 0 Å². The lowest BCUT2D eigenvalue weighted by Gasteiger charge is -2.09. The molecule has 0 spiro atoms. The summed E-state index contributed by atoms with van der Waals surface area (Å²) in [6, 6.07) is 6.67. The van der Waals surface area contributed by atoms with E-state index < -0.39 is 11.7 Å². The molecule has 0 amide bonds. The van der Waals surface area contributed by atoms with Crippen LogP contribution in [0.25, 0.3) is 0 Å². The molecule has 0 saturated heterocycles. The van der Waals surface area contributed by atoms with Crippen molar-refractivity contribution in [3.05, 3.63) is 53.1 Å². The second-order valence-corrected chi connectivity index (χ2v) is 4.91. The van der Waals surface area contributed by atoms with Crippen molar-refractivity contribution in [3.8, 4) is 0 Å². The summed E-state index contributed by atoms with van der Waals surface area (Å²) in [4.78, 5) is 3.88. The van der Waals surface area contributed by atoms with Gasteiger partial charge in [0.15, 0.2) is 0 Å². The highest BCUT2D eigenvalue weighted by atomic mass is 19.4. The number of alkyl halides is 3. The fourth-order valence-electron chi connectivity index (χ4n) is 2.21. The number of rotatable bonds is 4. The van der Waals surface area contributed by atoms with Crippen LogP contribution in [0.15, 0.2) is 30.5 Å². The fourth-order valence-corrected chi connectivity index (χ4v) is 2.21. The lowest BCUT2D eigenvalue weighted by atomic mass is 10.2. The van der Waals surface area contributed by atoms with Crippen LogP contribution in [0.1, 0.15) is 29.1 Å². The Kier molecular flexibility index (Phi) is 4.16. The summed E-state index contributed by atoms with van der Waals surface area (Å²) in [5.41, 5.74) is 2.39. The van der Waals surface area contributed by atoms with E-state index in [2.05, 4.69) is 21.7 Å². The standard InChI is InChI=1S/C15H17F3N2/c1-11-5-6-12(2)20(11)9-3-4-14-8-7-13(10-19-14)15(16,17)18/h5-8,10H,3-4,9H2,1-2H3. The maximum absolute atomic E-state index is 12.4. The lowest BCUT2D eigenvalue weighted by molar-refractivity contribution is -0.137. The van der Waals surface area contributed by atoms with Crippen molar-refractivity contribution in [1.29, 1.82) is 0 Å². The number of pyridine rings is 1. The first-order valence-electron chi connectivity index (χ1n) is 6.53. The maximum Gasteiger partial charge on any atom is 0.417 e. The molecule has 0 N–H and O–H groups in total. The highest BCUT2D eigenvalue weighted by Crippen LogP contribution is 2.28. The van der Waals surface area contributed by atoms with E-state index in [0.29, 0.717) is 12.1 Å². The third-order valence-electron chi connectivity index (χ3n) is 3.38. The van der Waals surface area contributed by atoms with Gasteiger partial charge in [-0.15, -0.1) is 0 Å². The molecule has 0 aliphatic rings. The molecule has 5 heteroatoms. The molecule has 20 heavy (non-hydrogen) atoms. The average Bonchev–Trinajstić information content (AvgIpc) is 2.70. The Balaban J connectivity index is 1.92. The smallest absolute Gasteiger partial charge is 0.349 e. The molecule has 2 nitrogen and oxygen atoms in total. The molecule has 0 saturated carbocycles. The highest BCUT2D eigenvalue weighted by molar-refractivity contribution is 5.17. The molecule has 0 bridgehead atoms. The second kappa shape index (κ2) is 5.69. The van der Waals surface area contributed by atoms with E-state index in [1.807, 2.05) is 13.8 Å². The number of hydrogen-bond donors (Lipinski definition) is 0. The van der Waals surface area contributed by atoms with Gasteiger partial charge in [-0.3, -0.25) is 4.98 Å². The highest BCUT2D eigenvalue weighted by Gasteiger charge is 2.30. The van der Waals surface area contributed by atoms with E-state index in [0.717, 1.165) is 25.2 Å². The number of halogens is 3. The van der Waals surface area contributed by atoms with Crippen LogP contribution in [0.4, 0.5) is 13.2 Å². The topological polar surface area (TPSA) is 17.8 Å². The second-order valence-electron chi connectivity index (χ2n) is 4.91. The van der Waals surface area contributed by atoms with Gasteiger partial charge in [0.2, 0.25) is 0 Å². The van der Waals surface area contributed by atoms with Gasteiger partial charge in [0, 0.05) is 29.8 Å². The largest absolute Gasteiger partial charge is 0.417 e. The van der Waals surface area contributed by atoms with Gasteiger partial charge in [-0.05, 0) is 51.0 Å². The molecular weight excluding hydrogens is 265 g/mol. The van der Waals surface area contributed by atoms with Crippen LogP contribution in [-0.4, -0.2) is 9.55 Å². The molecular formula is C15H17F3N2. The molecule has 0 aliphatic heterocycles. The molecule has 2 aromatic heterocycles. The molecule has 0 fully saturated rings. The van der Waals surface area contributed by atoms with Crippen LogP contribution in [0.3, 0.4) is 0 Å². The Morgan fingerprint density at radius 1 is 1.05 bits per heavy atom. The molecule has 0 atom stereocenters. The Hall–Kier alpha value is -1.78. The Morgan fingerprint density at radius 3 is 2.20 bits per heavy atom. The fraction of sp³-hybridized carbons (Fsp3) is 0.400. The van der Waals surface area contributed by atoms with Crippen molar-refractivity contribution < 1.29 is 13.2 Å². The van der Waals surface area contributed by atoms with Crippen LogP contribution in [-0.2, 0) is 19.1 Å². The van der Waals surface area contributed by atoms with E-state index in [-0.39, 0.29) is 0 Å². The summed E-state index contributed by atoms with van der Waals surface area (Å²) in [5, 5.41) is 0. The Labute approximate surface area is 116 Å². The molecule has 0 radical (unpaired) electrons. The monoisotopic (exact) mass is 282 g/mol. The van der Waals surface area contributed by atoms with E-state index in [1.165, 1.54) is 17.5 Å². The maximum atomic E-state index is 12.4. The molecule has 0 aliphatic carbocycles. The van der Waals surface area contributed by atoms with E-state index >= 15 is 0 Å². The van der Waals surface area contributed by atoms with Crippen molar-refractivity contribution in [2.45, 2.75) is 39.4 Å². The molecule has 2 aromatic rings. The first-order chi connectivity index (χ1) is 9.38. The zero-order valence-corrected chi connectivity index (χ0v) is 11.5. The summed E-state index contributed by atoms with van der Waals surface area (Å²) >= 11 is 0. The summed E-state index contributed by atoms with van der Waals surface area (Å²) in [5.74, 6) is 0. The lowest BCUT2D eigenvalue weighted by Crippen LogP contribution is -2.07. The first kappa shape index (κ1) is 14.6. The Morgan fingerprint density at radius 2 is 1.70 bits per heavy atom. The summed E-state index contributed by atoms with van der Waals surface area (Å²) < 4.78 is 39.4. The predicted octanol–water partition coefficient (Wildman–Crippen LogP) is 4.15. The molecule has 108 valence electrons. The summed E-state index contributed by atoms with van der Waals surface area (Å²) in [6.45, 7) is 4.94. The molecule has 2 heterocycles. The van der Waals surface area contributed by atoms with E-state index in [4.69, 9.17) is 0 Å². The zero-order chi connectivity index (χ0) is 14.8. The molecule has 0 aromatic carbocycles. The first-order valence-corrected chi connectivity index (χ1v) is 6.53. The quantitative estimate of drug-likeness (QED) is 0.823. The SMILES string of the molecule is Cc1ccc(C)n1CCCc1ccc(C(F)(F)F)cn1. The van der Waals surface area contributed by atoms with Crippen molar-refractivity contribution in [1.82, 2.24) is 9.55 Å².